The van der Waals surface area contributed by atoms with Crippen LogP contribution in [0.5, 0.6) is 0 Å². The van der Waals surface area contributed by atoms with Crippen molar-refractivity contribution >= 4 is 11.2 Å². The van der Waals surface area contributed by atoms with Gasteiger partial charge in [-0.1, -0.05) is 0 Å². The molecule has 2 aromatic rings. The zero-order valence-electron chi connectivity index (χ0n) is 8.93. The number of aliphatic hydroxyl groups excluding tert-OH is 2. The van der Waals surface area contributed by atoms with Crippen LogP contribution in [-0.2, 0) is 5.72 Å². The molecule has 0 bridgehead atoms. The Balaban J connectivity index is 2.15. The van der Waals surface area contributed by atoms with E-state index in [1.807, 2.05) is 0 Å². The number of hydrogen-bond acceptors (Lipinski definition) is 6. The van der Waals surface area contributed by atoms with Gasteiger partial charge in [-0.3, -0.25) is 4.57 Å². The number of fused-ring (bicyclic) bond motifs is 1. The number of aliphatic hydroxyl groups is 3. The highest BCUT2D eigenvalue weighted by atomic mass is 16.4. The summed E-state index contributed by atoms with van der Waals surface area (Å²) in [6.45, 7) is 0. The molecule has 0 saturated heterocycles. The minimum Gasteiger partial charge on any atom is -0.390 e. The Morgan fingerprint density at radius 1 is 1.35 bits per heavy atom. The number of imidazole rings is 1. The molecule has 0 aromatic carbocycles. The van der Waals surface area contributed by atoms with Gasteiger partial charge < -0.3 is 15.3 Å². The van der Waals surface area contributed by atoms with Gasteiger partial charge in [0.25, 0.3) is 0 Å². The van der Waals surface area contributed by atoms with Gasteiger partial charge in [-0.15, -0.1) is 0 Å². The monoisotopic (exact) mass is 236 g/mol. The molecule has 0 radical (unpaired) electrons. The van der Waals surface area contributed by atoms with Crippen molar-refractivity contribution in [3.05, 3.63) is 18.9 Å². The van der Waals surface area contributed by atoms with Crippen molar-refractivity contribution in [3.63, 3.8) is 0 Å². The van der Waals surface area contributed by atoms with E-state index < -0.39 is 17.9 Å². The van der Waals surface area contributed by atoms with Crippen molar-refractivity contribution in [3.8, 4) is 0 Å². The van der Waals surface area contributed by atoms with Crippen LogP contribution < -0.4 is 0 Å². The quantitative estimate of drug-likeness (QED) is 0.586. The largest absolute Gasteiger partial charge is 0.390 e. The van der Waals surface area contributed by atoms with Crippen LogP contribution in [0.3, 0.4) is 0 Å². The van der Waals surface area contributed by atoms with Gasteiger partial charge in [0, 0.05) is 6.42 Å². The minimum absolute atomic E-state index is 0.255. The van der Waals surface area contributed by atoms with Crippen LogP contribution in [0.1, 0.15) is 12.8 Å². The summed E-state index contributed by atoms with van der Waals surface area (Å²) in [7, 11) is 0. The fourth-order valence-electron chi connectivity index (χ4n) is 2.29. The Hall–Kier alpha value is -1.57. The lowest BCUT2D eigenvalue weighted by molar-refractivity contribution is -0.135. The molecule has 0 amide bonds. The van der Waals surface area contributed by atoms with Gasteiger partial charge in [0.2, 0.25) is 0 Å². The molecule has 2 aromatic heterocycles. The van der Waals surface area contributed by atoms with E-state index in [0.29, 0.717) is 17.6 Å². The van der Waals surface area contributed by atoms with Crippen LogP contribution in [0.15, 0.2) is 18.9 Å². The van der Waals surface area contributed by atoms with Gasteiger partial charge in [0.1, 0.15) is 17.9 Å². The second kappa shape index (κ2) is 3.46. The van der Waals surface area contributed by atoms with Crippen molar-refractivity contribution in [2.24, 2.45) is 0 Å². The lowest BCUT2D eigenvalue weighted by atomic mass is 10.1. The molecular formula is C10H12N4O3. The molecule has 1 aliphatic rings. The highest BCUT2D eigenvalue weighted by Gasteiger charge is 2.48. The maximum atomic E-state index is 10.4. The first-order valence-corrected chi connectivity index (χ1v) is 5.35. The Bertz CT molecular complexity index is 557. The molecule has 17 heavy (non-hydrogen) atoms. The minimum atomic E-state index is -1.55. The second-order valence-corrected chi connectivity index (χ2v) is 4.28. The second-order valence-electron chi connectivity index (χ2n) is 4.28. The Kier molecular flexibility index (Phi) is 2.15. The van der Waals surface area contributed by atoms with E-state index in [9.17, 15) is 15.3 Å². The van der Waals surface area contributed by atoms with Gasteiger partial charge in [-0.05, 0) is 6.42 Å². The zero-order chi connectivity index (χ0) is 12.0. The van der Waals surface area contributed by atoms with Crippen molar-refractivity contribution in [1.29, 1.82) is 0 Å². The number of rotatable bonds is 1. The predicted octanol–water partition coefficient (Wildman–Crippen LogP) is -1.01. The van der Waals surface area contributed by atoms with E-state index in [-0.39, 0.29) is 6.42 Å². The van der Waals surface area contributed by atoms with Gasteiger partial charge in [-0.25, -0.2) is 15.0 Å². The molecule has 1 fully saturated rings. The molecule has 3 N–H and O–H groups in total. The summed E-state index contributed by atoms with van der Waals surface area (Å²) in [6.07, 6.45) is 2.70. The van der Waals surface area contributed by atoms with Gasteiger partial charge in [-0.2, -0.15) is 0 Å². The third-order valence-electron chi connectivity index (χ3n) is 3.28. The third-order valence-corrected chi connectivity index (χ3v) is 3.28. The van der Waals surface area contributed by atoms with E-state index in [2.05, 4.69) is 15.0 Å². The van der Waals surface area contributed by atoms with E-state index in [0.717, 1.165) is 0 Å². The Morgan fingerprint density at radius 2 is 2.18 bits per heavy atom. The zero-order valence-corrected chi connectivity index (χ0v) is 8.93. The fourth-order valence-corrected chi connectivity index (χ4v) is 2.29. The Morgan fingerprint density at radius 3 is 2.88 bits per heavy atom. The number of nitrogens with zero attached hydrogens (tertiary/aromatic N) is 4. The first kappa shape index (κ1) is 10.6. The molecule has 1 aliphatic carbocycles. The Labute approximate surface area is 96.4 Å². The first-order chi connectivity index (χ1) is 8.13. The third kappa shape index (κ3) is 1.36. The molecule has 3 unspecified atom stereocenters. The fraction of sp³-hybridized carbons (Fsp3) is 0.500. The van der Waals surface area contributed by atoms with Gasteiger partial charge in [0.15, 0.2) is 11.4 Å². The molecule has 90 valence electrons. The maximum absolute atomic E-state index is 10.4. The van der Waals surface area contributed by atoms with Crippen LogP contribution in [0.4, 0.5) is 0 Å². The summed E-state index contributed by atoms with van der Waals surface area (Å²) < 4.78 is 1.39. The predicted molar refractivity (Wildman–Crippen MR) is 56.8 cm³/mol. The van der Waals surface area contributed by atoms with Crippen molar-refractivity contribution < 1.29 is 15.3 Å². The molecule has 3 atom stereocenters. The average molecular weight is 236 g/mol. The van der Waals surface area contributed by atoms with Crippen LogP contribution in [0.2, 0.25) is 0 Å². The van der Waals surface area contributed by atoms with E-state index in [1.54, 1.807) is 0 Å². The number of hydrogen-bond donors (Lipinski definition) is 3. The topological polar surface area (TPSA) is 104 Å². The first-order valence-electron chi connectivity index (χ1n) is 5.35. The van der Waals surface area contributed by atoms with Crippen molar-refractivity contribution in [1.82, 2.24) is 19.5 Å². The van der Waals surface area contributed by atoms with Gasteiger partial charge >= 0.3 is 0 Å². The molecule has 0 spiro atoms. The molecule has 0 aliphatic heterocycles. The van der Waals surface area contributed by atoms with E-state index in [4.69, 9.17) is 0 Å². The van der Waals surface area contributed by atoms with Crippen LogP contribution in [-0.4, -0.2) is 47.0 Å². The smallest absolute Gasteiger partial charge is 0.173 e. The van der Waals surface area contributed by atoms with E-state index >= 15 is 0 Å². The maximum Gasteiger partial charge on any atom is 0.173 e. The molecule has 2 heterocycles. The van der Waals surface area contributed by atoms with E-state index in [1.165, 1.54) is 23.4 Å². The normalized spacial score (nSPS) is 33.4. The molecule has 7 heteroatoms. The average Bonchev–Trinajstić information content (AvgIpc) is 2.88. The molecule has 3 rings (SSSR count). The van der Waals surface area contributed by atoms with Crippen LogP contribution in [0.25, 0.3) is 11.2 Å². The molecule has 7 nitrogen and oxygen atoms in total. The van der Waals surface area contributed by atoms with Crippen molar-refractivity contribution in [2.45, 2.75) is 30.8 Å². The lowest BCUT2D eigenvalue weighted by Crippen LogP contribution is -2.44. The van der Waals surface area contributed by atoms with Gasteiger partial charge in [0.05, 0.1) is 18.6 Å². The van der Waals surface area contributed by atoms with Crippen LogP contribution in [0, 0.1) is 0 Å². The highest BCUT2D eigenvalue weighted by Crippen LogP contribution is 2.36. The summed E-state index contributed by atoms with van der Waals surface area (Å²) >= 11 is 0. The summed E-state index contributed by atoms with van der Waals surface area (Å²) in [6, 6.07) is 0. The SMILES string of the molecule is OC1CCC(O)(n2cnc3cncnc32)C1O. The standard InChI is InChI=1S/C10H12N4O3/c15-7-1-2-10(17,8(7)16)14-5-13-6-3-11-4-12-9(6)14/h3-5,7-8,15-17H,1-2H2. The van der Waals surface area contributed by atoms with Crippen LogP contribution >= 0.6 is 0 Å². The molecule has 1 saturated carbocycles. The summed E-state index contributed by atoms with van der Waals surface area (Å²) in [5.41, 5.74) is -0.576. The van der Waals surface area contributed by atoms with Crippen molar-refractivity contribution in [2.75, 3.05) is 0 Å². The summed E-state index contributed by atoms with van der Waals surface area (Å²) in [5.74, 6) is 0. The highest BCUT2D eigenvalue weighted by molar-refractivity contribution is 5.69. The molecular weight excluding hydrogens is 224 g/mol. The number of aromatic nitrogens is 4. The lowest BCUT2D eigenvalue weighted by Gasteiger charge is -2.28. The summed E-state index contributed by atoms with van der Waals surface area (Å²) in [5, 5.41) is 29.8. The summed E-state index contributed by atoms with van der Waals surface area (Å²) in [4.78, 5) is 11.9.